The SMILES string of the molecule is Nc1ccc(Cl)c(S(=O)(=O)N2CCC(CCO)C2)c1. The minimum absolute atomic E-state index is 0.0545. The number of halogens is 1. The van der Waals surface area contributed by atoms with Crippen LogP contribution in [-0.4, -0.2) is 37.5 Å². The van der Waals surface area contributed by atoms with E-state index in [-0.39, 0.29) is 22.4 Å². The van der Waals surface area contributed by atoms with E-state index in [0.717, 1.165) is 6.42 Å². The van der Waals surface area contributed by atoms with Crippen LogP contribution in [0.15, 0.2) is 23.1 Å². The summed E-state index contributed by atoms with van der Waals surface area (Å²) >= 11 is 5.96. The Balaban J connectivity index is 2.26. The van der Waals surface area contributed by atoms with Crippen LogP contribution < -0.4 is 5.73 Å². The number of nitrogen functional groups attached to an aromatic ring is 1. The largest absolute Gasteiger partial charge is 0.399 e. The fourth-order valence-electron chi connectivity index (χ4n) is 2.29. The maximum absolute atomic E-state index is 12.5. The van der Waals surface area contributed by atoms with Gasteiger partial charge >= 0.3 is 0 Å². The van der Waals surface area contributed by atoms with Crippen molar-refractivity contribution in [3.63, 3.8) is 0 Å². The topological polar surface area (TPSA) is 83.6 Å². The lowest BCUT2D eigenvalue weighted by molar-refractivity contribution is 0.259. The molecule has 1 unspecified atom stereocenters. The van der Waals surface area contributed by atoms with Gasteiger partial charge in [0.25, 0.3) is 0 Å². The van der Waals surface area contributed by atoms with E-state index in [2.05, 4.69) is 0 Å². The molecule has 0 spiro atoms. The maximum Gasteiger partial charge on any atom is 0.244 e. The molecule has 5 nitrogen and oxygen atoms in total. The van der Waals surface area contributed by atoms with Crippen molar-refractivity contribution in [2.75, 3.05) is 25.4 Å². The van der Waals surface area contributed by atoms with Crippen LogP contribution >= 0.6 is 11.6 Å². The third kappa shape index (κ3) is 3.02. The van der Waals surface area contributed by atoms with Crippen molar-refractivity contribution in [3.05, 3.63) is 23.2 Å². The van der Waals surface area contributed by atoms with Crippen LogP contribution in [0.4, 0.5) is 5.69 Å². The summed E-state index contributed by atoms with van der Waals surface area (Å²) in [6.45, 7) is 0.962. The molecular weight excluding hydrogens is 288 g/mol. The summed E-state index contributed by atoms with van der Waals surface area (Å²) in [6.07, 6.45) is 1.39. The van der Waals surface area contributed by atoms with Gasteiger partial charge in [0, 0.05) is 25.4 Å². The zero-order valence-electron chi connectivity index (χ0n) is 10.4. The Kier molecular flexibility index (Phi) is 4.35. The Morgan fingerprint density at radius 1 is 1.47 bits per heavy atom. The fourth-order valence-corrected chi connectivity index (χ4v) is 4.33. The molecule has 0 aromatic heterocycles. The summed E-state index contributed by atoms with van der Waals surface area (Å²) in [7, 11) is -3.60. The lowest BCUT2D eigenvalue weighted by Gasteiger charge is -2.17. The van der Waals surface area contributed by atoms with E-state index in [0.29, 0.717) is 25.2 Å². The molecule has 0 aliphatic carbocycles. The third-order valence-corrected chi connectivity index (χ3v) is 5.71. The van der Waals surface area contributed by atoms with E-state index in [4.69, 9.17) is 22.4 Å². The second-order valence-corrected chi connectivity index (χ2v) is 7.03. The van der Waals surface area contributed by atoms with Crippen molar-refractivity contribution in [1.29, 1.82) is 0 Å². The van der Waals surface area contributed by atoms with Crippen LogP contribution in [-0.2, 0) is 10.0 Å². The molecule has 1 aromatic rings. The van der Waals surface area contributed by atoms with E-state index in [1.54, 1.807) is 6.07 Å². The standard InChI is InChI=1S/C12H17ClN2O3S/c13-11-2-1-10(14)7-12(11)19(17,18)15-5-3-9(8-15)4-6-16/h1-2,7,9,16H,3-6,8,14H2. The lowest BCUT2D eigenvalue weighted by Crippen LogP contribution is -2.29. The first-order valence-electron chi connectivity index (χ1n) is 6.11. The number of nitrogens with two attached hydrogens (primary N) is 1. The highest BCUT2D eigenvalue weighted by Crippen LogP contribution is 2.30. The average molecular weight is 305 g/mol. The van der Waals surface area contributed by atoms with Gasteiger partial charge in [0.1, 0.15) is 4.90 Å². The first kappa shape index (κ1) is 14.6. The molecule has 1 fully saturated rings. The molecule has 0 saturated carbocycles. The van der Waals surface area contributed by atoms with E-state index in [9.17, 15) is 8.42 Å². The van der Waals surface area contributed by atoms with Crippen LogP contribution in [0.3, 0.4) is 0 Å². The first-order valence-corrected chi connectivity index (χ1v) is 7.93. The fraction of sp³-hybridized carbons (Fsp3) is 0.500. The number of anilines is 1. The van der Waals surface area contributed by atoms with Crippen molar-refractivity contribution in [2.24, 2.45) is 5.92 Å². The first-order chi connectivity index (χ1) is 8.95. The van der Waals surface area contributed by atoms with Gasteiger partial charge in [-0.3, -0.25) is 0 Å². The minimum atomic E-state index is -3.60. The van der Waals surface area contributed by atoms with Gasteiger partial charge in [0.15, 0.2) is 0 Å². The summed E-state index contributed by atoms with van der Waals surface area (Å²) in [5, 5.41) is 9.09. The van der Waals surface area contributed by atoms with Gasteiger partial charge in [-0.05, 0) is 37.0 Å². The van der Waals surface area contributed by atoms with Crippen LogP contribution in [0.1, 0.15) is 12.8 Å². The van der Waals surface area contributed by atoms with E-state index in [1.807, 2.05) is 0 Å². The number of sulfonamides is 1. The van der Waals surface area contributed by atoms with Gasteiger partial charge in [-0.25, -0.2) is 8.42 Å². The van der Waals surface area contributed by atoms with Crippen LogP contribution in [0.2, 0.25) is 5.02 Å². The quantitative estimate of drug-likeness (QED) is 0.822. The molecule has 1 aliphatic rings. The average Bonchev–Trinajstić information content (AvgIpc) is 2.82. The molecule has 0 amide bonds. The van der Waals surface area contributed by atoms with Crippen molar-refractivity contribution in [2.45, 2.75) is 17.7 Å². The van der Waals surface area contributed by atoms with Crippen LogP contribution in [0.25, 0.3) is 0 Å². The summed E-state index contributed by atoms with van der Waals surface area (Å²) < 4.78 is 26.4. The molecule has 1 aromatic carbocycles. The Morgan fingerprint density at radius 2 is 2.21 bits per heavy atom. The summed E-state index contributed by atoms with van der Waals surface area (Å²) in [4.78, 5) is 0.0545. The minimum Gasteiger partial charge on any atom is -0.399 e. The smallest absolute Gasteiger partial charge is 0.244 e. The molecule has 1 saturated heterocycles. The number of aliphatic hydroxyl groups excluding tert-OH is 1. The number of rotatable bonds is 4. The summed E-state index contributed by atoms with van der Waals surface area (Å²) in [5.74, 6) is 0.208. The van der Waals surface area contributed by atoms with Gasteiger partial charge in [0.2, 0.25) is 10.0 Å². The van der Waals surface area contributed by atoms with Gasteiger partial charge in [-0.2, -0.15) is 4.31 Å². The number of nitrogens with zero attached hydrogens (tertiary/aromatic N) is 1. The molecule has 19 heavy (non-hydrogen) atoms. The van der Waals surface area contributed by atoms with Gasteiger partial charge in [-0.1, -0.05) is 11.6 Å². The van der Waals surface area contributed by atoms with Gasteiger partial charge in [-0.15, -0.1) is 0 Å². The lowest BCUT2D eigenvalue weighted by atomic mass is 10.1. The van der Waals surface area contributed by atoms with Crippen molar-refractivity contribution in [3.8, 4) is 0 Å². The molecule has 2 rings (SSSR count). The van der Waals surface area contributed by atoms with Crippen LogP contribution in [0.5, 0.6) is 0 Å². The number of hydrogen-bond acceptors (Lipinski definition) is 4. The Morgan fingerprint density at radius 3 is 2.89 bits per heavy atom. The Hall–Kier alpha value is -0.820. The number of benzene rings is 1. The predicted octanol–water partition coefficient (Wildman–Crippen LogP) is 1.32. The molecule has 106 valence electrons. The number of hydrogen-bond donors (Lipinski definition) is 2. The zero-order valence-corrected chi connectivity index (χ0v) is 12.0. The normalized spacial score (nSPS) is 20.8. The molecule has 3 N–H and O–H groups in total. The maximum atomic E-state index is 12.5. The van der Waals surface area contributed by atoms with Crippen molar-refractivity contribution >= 4 is 27.3 Å². The van der Waals surface area contributed by atoms with Gasteiger partial charge in [0.05, 0.1) is 5.02 Å². The molecule has 0 radical (unpaired) electrons. The highest BCUT2D eigenvalue weighted by atomic mass is 35.5. The molecule has 1 aliphatic heterocycles. The predicted molar refractivity (Wildman–Crippen MR) is 74.4 cm³/mol. The van der Waals surface area contributed by atoms with Gasteiger partial charge < -0.3 is 10.8 Å². The molecule has 1 atom stereocenters. The molecular formula is C12H17ClN2O3S. The zero-order chi connectivity index (χ0) is 14.0. The van der Waals surface area contributed by atoms with Crippen molar-refractivity contribution < 1.29 is 13.5 Å². The Labute approximate surface area is 118 Å². The second kappa shape index (κ2) is 5.66. The highest BCUT2D eigenvalue weighted by molar-refractivity contribution is 7.89. The number of aliphatic hydroxyl groups is 1. The second-order valence-electron chi connectivity index (χ2n) is 4.72. The summed E-state index contributed by atoms with van der Waals surface area (Å²) in [5.41, 5.74) is 5.99. The molecule has 0 bridgehead atoms. The Bertz CT molecular complexity index is 562. The molecule has 7 heteroatoms. The highest BCUT2D eigenvalue weighted by Gasteiger charge is 2.33. The van der Waals surface area contributed by atoms with Crippen LogP contribution in [0, 0.1) is 5.92 Å². The monoisotopic (exact) mass is 304 g/mol. The summed E-state index contributed by atoms with van der Waals surface area (Å²) in [6, 6.07) is 4.45. The van der Waals surface area contributed by atoms with E-state index in [1.165, 1.54) is 16.4 Å². The van der Waals surface area contributed by atoms with Crippen molar-refractivity contribution in [1.82, 2.24) is 4.31 Å². The van der Waals surface area contributed by atoms with E-state index >= 15 is 0 Å². The van der Waals surface area contributed by atoms with E-state index < -0.39 is 10.0 Å². The third-order valence-electron chi connectivity index (χ3n) is 3.36. The molecule has 1 heterocycles.